The highest BCUT2D eigenvalue weighted by molar-refractivity contribution is 6.05. The topological polar surface area (TPSA) is 78.5 Å². The normalized spacial score (nSPS) is 18.2. The van der Waals surface area contributed by atoms with Gasteiger partial charge in [0.2, 0.25) is 11.8 Å². The fourth-order valence-corrected chi connectivity index (χ4v) is 3.55. The van der Waals surface area contributed by atoms with Gasteiger partial charge in [0.05, 0.1) is 12.1 Å². The summed E-state index contributed by atoms with van der Waals surface area (Å²) in [6, 6.07) is 10.1. The molecule has 0 saturated heterocycles. The Morgan fingerprint density at radius 1 is 1.03 bits per heavy atom. The summed E-state index contributed by atoms with van der Waals surface area (Å²) in [5.41, 5.74) is 0.454. The molecule has 6 nitrogen and oxygen atoms in total. The van der Waals surface area contributed by atoms with Gasteiger partial charge in [-0.1, -0.05) is 18.2 Å². The first-order valence-corrected chi connectivity index (χ1v) is 9.42. The molecular formula is C21H18F3N3O3. The molecule has 1 unspecified atom stereocenters. The van der Waals surface area contributed by atoms with Crippen molar-refractivity contribution in [3.63, 3.8) is 0 Å². The van der Waals surface area contributed by atoms with Crippen molar-refractivity contribution in [1.82, 2.24) is 10.2 Å². The van der Waals surface area contributed by atoms with Gasteiger partial charge < -0.3 is 15.5 Å². The van der Waals surface area contributed by atoms with Crippen molar-refractivity contribution in [3.8, 4) is 0 Å². The Kier molecular flexibility index (Phi) is 4.97. The maximum Gasteiger partial charge on any atom is 0.416 e. The summed E-state index contributed by atoms with van der Waals surface area (Å²) < 4.78 is 37.8. The molecule has 1 atom stereocenters. The zero-order valence-electron chi connectivity index (χ0n) is 15.7. The van der Waals surface area contributed by atoms with Crippen LogP contribution in [0.25, 0.3) is 0 Å². The number of alkyl halides is 3. The number of hydrogen-bond donors (Lipinski definition) is 2. The highest BCUT2D eigenvalue weighted by Gasteiger charge is 2.47. The third-order valence-electron chi connectivity index (χ3n) is 5.11. The number of hydrogen-bond acceptors (Lipinski definition) is 3. The second-order valence-electron chi connectivity index (χ2n) is 7.27. The zero-order valence-corrected chi connectivity index (χ0v) is 15.7. The summed E-state index contributed by atoms with van der Waals surface area (Å²) in [6.07, 6.45) is -2.80. The zero-order chi connectivity index (χ0) is 21.5. The molecule has 9 heteroatoms. The first kappa shape index (κ1) is 19.9. The molecule has 2 aromatic carbocycles. The summed E-state index contributed by atoms with van der Waals surface area (Å²) in [7, 11) is 0. The van der Waals surface area contributed by atoms with E-state index in [1.165, 1.54) is 0 Å². The fraction of sp³-hybridized carbons (Fsp3) is 0.286. The molecule has 2 aliphatic rings. The summed E-state index contributed by atoms with van der Waals surface area (Å²) in [5.74, 6) is -1.25. The van der Waals surface area contributed by atoms with Gasteiger partial charge in [0.25, 0.3) is 5.91 Å². The molecule has 0 spiro atoms. The smallest absolute Gasteiger partial charge is 0.345 e. The van der Waals surface area contributed by atoms with Crippen LogP contribution in [0.5, 0.6) is 0 Å². The maximum atomic E-state index is 12.8. The van der Waals surface area contributed by atoms with Gasteiger partial charge >= 0.3 is 6.18 Å². The largest absolute Gasteiger partial charge is 0.416 e. The van der Waals surface area contributed by atoms with E-state index in [1.54, 1.807) is 29.2 Å². The van der Waals surface area contributed by atoms with Gasteiger partial charge in [0, 0.05) is 17.3 Å². The number of rotatable bonds is 5. The van der Waals surface area contributed by atoms with Crippen LogP contribution < -0.4 is 10.6 Å². The first-order chi connectivity index (χ1) is 14.3. The molecule has 1 aliphatic carbocycles. The average Bonchev–Trinajstić information content (AvgIpc) is 3.50. The Bertz CT molecular complexity index is 1000. The van der Waals surface area contributed by atoms with Gasteiger partial charge in [-0.2, -0.15) is 13.2 Å². The number of carbonyl (C=O) groups is 3. The van der Waals surface area contributed by atoms with Crippen LogP contribution in [0.2, 0.25) is 0 Å². The second-order valence-corrected chi connectivity index (χ2v) is 7.27. The van der Waals surface area contributed by atoms with E-state index in [0.29, 0.717) is 11.1 Å². The lowest BCUT2D eigenvalue weighted by Gasteiger charge is -2.24. The fourth-order valence-electron chi connectivity index (χ4n) is 3.55. The van der Waals surface area contributed by atoms with Crippen molar-refractivity contribution in [2.24, 2.45) is 0 Å². The molecule has 0 radical (unpaired) electrons. The Labute approximate surface area is 170 Å². The lowest BCUT2D eigenvalue weighted by Crippen LogP contribution is -2.42. The molecule has 2 N–H and O–H groups in total. The minimum absolute atomic E-state index is 0.0154. The molecular weight excluding hydrogens is 399 g/mol. The van der Waals surface area contributed by atoms with E-state index in [4.69, 9.17) is 0 Å². The third kappa shape index (κ3) is 3.87. The maximum absolute atomic E-state index is 12.8. The minimum atomic E-state index is -4.46. The van der Waals surface area contributed by atoms with Gasteiger partial charge in [-0.15, -0.1) is 0 Å². The number of nitrogens with one attached hydrogen (secondary N) is 2. The standard InChI is InChI=1S/C21H18F3N3O3/c22-21(23,24)12-5-7-13(8-6-12)26-17(28)11-25-19(29)18-15-3-1-2-4-16(15)20(30)27(18)14-9-10-14/h1-8,14,18H,9-11H2,(H,25,29)(H,26,28). The van der Waals surface area contributed by atoms with Crippen molar-refractivity contribution < 1.29 is 27.6 Å². The molecule has 1 fully saturated rings. The van der Waals surface area contributed by atoms with E-state index in [9.17, 15) is 27.6 Å². The van der Waals surface area contributed by atoms with E-state index >= 15 is 0 Å². The van der Waals surface area contributed by atoms with Crippen molar-refractivity contribution in [3.05, 3.63) is 65.2 Å². The van der Waals surface area contributed by atoms with Gasteiger partial charge in [0.15, 0.2) is 0 Å². The van der Waals surface area contributed by atoms with Crippen LogP contribution in [0, 0.1) is 0 Å². The van der Waals surface area contributed by atoms with Crippen LogP contribution >= 0.6 is 0 Å². The molecule has 4 rings (SSSR count). The number of halogens is 3. The molecule has 1 aliphatic heterocycles. The molecule has 0 bridgehead atoms. The molecule has 1 heterocycles. The van der Waals surface area contributed by atoms with E-state index in [1.807, 2.05) is 0 Å². The van der Waals surface area contributed by atoms with Gasteiger partial charge in [-0.3, -0.25) is 14.4 Å². The number of amides is 3. The van der Waals surface area contributed by atoms with Crippen LogP contribution in [0.4, 0.5) is 18.9 Å². The predicted molar refractivity (Wildman–Crippen MR) is 101 cm³/mol. The molecule has 2 aromatic rings. The summed E-state index contributed by atoms with van der Waals surface area (Å²) >= 11 is 0. The molecule has 3 amide bonds. The second kappa shape index (κ2) is 7.47. The number of anilines is 1. The molecule has 30 heavy (non-hydrogen) atoms. The summed E-state index contributed by atoms with van der Waals surface area (Å²) in [4.78, 5) is 39.1. The van der Waals surface area contributed by atoms with Gasteiger partial charge in [-0.25, -0.2) is 0 Å². The number of benzene rings is 2. The van der Waals surface area contributed by atoms with Crippen molar-refractivity contribution in [1.29, 1.82) is 0 Å². The molecule has 0 aromatic heterocycles. The molecule has 1 saturated carbocycles. The summed E-state index contributed by atoms with van der Waals surface area (Å²) in [6.45, 7) is -0.370. The Balaban J connectivity index is 1.39. The highest BCUT2D eigenvalue weighted by Crippen LogP contribution is 2.41. The Morgan fingerprint density at radius 2 is 1.70 bits per heavy atom. The third-order valence-corrected chi connectivity index (χ3v) is 5.11. The number of carbonyl (C=O) groups excluding carboxylic acids is 3. The number of fused-ring (bicyclic) bond motifs is 1. The molecule has 156 valence electrons. The van der Waals surface area contributed by atoms with E-state index < -0.39 is 29.6 Å². The van der Waals surface area contributed by atoms with Gasteiger partial charge in [0.1, 0.15) is 6.04 Å². The first-order valence-electron chi connectivity index (χ1n) is 9.42. The van der Waals surface area contributed by atoms with Crippen LogP contribution in [-0.2, 0) is 15.8 Å². The lowest BCUT2D eigenvalue weighted by molar-refractivity contribution is -0.137. The monoisotopic (exact) mass is 417 g/mol. The van der Waals surface area contributed by atoms with E-state index in [2.05, 4.69) is 10.6 Å². The Morgan fingerprint density at radius 3 is 2.33 bits per heavy atom. The summed E-state index contributed by atoms with van der Waals surface area (Å²) in [5, 5.41) is 4.97. The lowest BCUT2D eigenvalue weighted by atomic mass is 10.0. The SMILES string of the molecule is O=C(CNC(=O)C1c2ccccc2C(=O)N1C1CC1)Nc1ccc(C(F)(F)F)cc1. The van der Waals surface area contributed by atoms with Crippen LogP contribution in [-0.4, -0.2) is 35.2 Å². The minimum Gasteiger partial charge on any atom is -0.345 e. The van der Waals surface area contributed by atoms with E-state index in [-0.39, 0.29) is 24.2 Å². The Hall–Kier alpha value is -3.36. The van der Waals surface area contributed by atoms with Gasteiger partial charge in [-0.05, 0) is 48.7 Å². The highest BCUT2D eigenvalue weighted by atomic mass is 19.4. The van der Waals surface area contributed by atoms with Crippen LogP contribution in [0.3, 0.4) is 0 Å². The van der Waals surface area contributed by atoms with Crippen molar-refractivity contribution in [2.45, 2.75) is 31.1 Å². The predicted octanol–water partition coefficient (Wildman–Crippen LogP) is 3.12. The van der Waals surface area contributed by atoms with Crippen molar-refractivity contribution >= 4 is 23.4 Å². The average molecular weight is 417 g/mol. The van der Waals surface area contributed by atoms with E-state index in [0.717, 1.165) is 37.1 Å². The quantitative estimate of drug-likeness (QED) is 0.785. The van der Waals surface area contributed by atoms with Crippen LogP contribution in [0.1, 0.15) is 40.4 Å². The van der Waals surface area contributed by atoms with Crippen LogP contribution in [0.15, 0.2) is 48.5 Å². The van der Waals surface area contributed by atoms with Crippen molar-refractivity contribution in [2.75, 3.05) is 11.9 Å². The number of nitrogens with zero attached hydrogens (tertiary/aromatic N) is 1.